The first-order chi connectivity index (χ1) is 17.9. The summed E-state index contributed by atoms with van der Waals surface area (Å²) in [6, 6.07) is 6.73. The number of carbonyl (C=O) groups excluding carboxylic acids is 1. The summed E-state index contributed by atoms with van der Waals surface area (Å²) < 4.78 is 105. The first kappa shape index (κ1) is 27.2. The zero-order valence-corrected chi connectivity index (χ0v) is 20.2. The molecule has 3 aromatic rings. The van der Waals surface area contributed by atoms with Crippen LogP contribution < -0.4 is 9.47 Å². The number of benzene rings is 2. The maximum absolute atomic E-state index is 14.0. The van der Waals surface area contributed by atoms with E-state index in [0.717, 1.165) is 6.07 Å². The highest BCUT2D eigenvalue weighted by Crippen LogP contribution is 2.48. The van der Waals surface area contributed by atoms with Crippen molar-refractivity contribution >= 4 is 5.97 Å². The van der Waals surface area contributed by atoms with Gasteiger partial charge in [0.25, 0.3) is 0 Å². The fourth-order valence-electron chi connectivity index (χ4n) is 4.24. The second-order valence-corrected chi connectivity index (χ2v) is 8.08. The molecule has 0 saturated heterocycles. The Balaban J connectivity index is 2.05. The molecule has 2 heterocycles. The first-order valence-corrected chi connectivity index (χ1v) is 11.2. The van der Waals surface area contributed by atoms with Crippen molar-refractivity contribution in [1.29, 1.82) is 0 Å². The van der Waals surface area contributed by atoms with Gasteiger partial charge in [0, 0.05) is 11.1 Å². The Labute approximate surface area is 212 Å². The first-order valence-electron chi connectivity index (χ1n) is 11.2. The van der Waals surface area contributed by atoms with Crippen LogP contribution in [0.3, 0.4) is 0 Å². The maximum atomic E-state index is 14.0. The van der Waals surface area contributed by atoms with E-state index in [1.54, 1.807) is 0 Å². The lowest BCUT2D eigenvalue weighted by Gasteiger charge is -2.25. The number of hydrogen-bond donors (Lipinski definition) is 0. The van der Waals surface area contributed by atoms with Crippen molar-refractivity contribution in [2.45, 2.75) is 37.9 Å². The smallest absolute Gasteiger partial charge is 0.452 e. The molecule has 0 N–H and O–H groups in total. The highest BCUT2D eigenvalue weighted by molar-refractivity contribution is 5.70. The molecule has 0 amide bonds. The Morgan fingerprint density at radius 3 is 2.34 bits per heavy atom. The third kappa shape index (κ3) is 4.99. The second-order valence-electron chi connectivity index (χ2n) is 8.08. The van der Waals surface area contributed by atoms with E-state index in [0.29, 0.717) is 16.7 Å². The average Bonchev–Trinajstić information content (AvgIpc) is 3.26. The summed E-state index contributed by atoms with van der Waals surface area (Å²) in [5, 5.41) is 6.87. The Bertz CT molecular complexity index is 1340. The van der Waals surface area contributed by atoms with Gasteiger partial charge in [-0.25, -0.2) is 0 Å². The van der Waals surface area contributed by atoms with E-state index in [9.17, 15) is 31.1 Å². The molecule has 4 rings (SSSR count). The maximum Gasteiger partial charge on any atom is 0.452 e. The highest BCUT2D eigenvalue weighted by Gasteiger charge is 2.44. The molecule has 0 unspecified atom stereocenters. The number of ether oxygens (including phenoxy) is 4. The van der Waals surface area contributed by atoms with E-state index in [1.165, 1.54) is 39.3 Å². The van der Waals surface area contributed by atoms with Crippen LogP contribution in [0.4, 0.5) is 26.3 Å². The van der Waals surface area contributed by atoms with Crippen molar-refractivity contribution in [2.24, 2.45) is 0 Å². The zero-order chi connectivity index (χ0) is 27.8. The summed E-state index contributed by atoms with van der Waals surface area (Å²) in [5.74, 6) is -2.48. The van der Waals surface area contributed by atoms with Gasteiger partial charge in [0.1, 0.15) is 12.2 Å². The molecule has 204 valence electrons. The van der Waals surface area contributed by atoms with Gasteiger partial charge < -0.3 is 18.9 Å². The van der Waals surface area contributed by atoms with Crippen molar-refractivity contribution in [3.8, 4) is 17.2 Å². The largest absolute Gasteiger partial charge is 0.493 e. The van der Waals surface area contributed by atoms with Gasteiger partial charge in [-0.3, -0.25) is 9.36 Å². The lowest BCUT2D eigenvalue weighted by atomic mass is 9.96. The minimum atomic E-state index is -5.03. The van der Waals surface area contributed by atoms with E-state index in [2.05, 4.69) is 10.2 Å². The number of hydrogen-bond acceptors (Lipinski definition) is 7. The monoisotopic (exact) mass is 545 g/mol. The molecule has 1 aliphatic rings. The van der Waals surface area contributed by atoms with Crippen molar-refractivity contribution in [2.75, 3.05) is 20.8 Å². The summed E-state index contributed by atoms with van der Waals surface area (Å²) >= 11 is 0. The molecule has 0 spiro atoms. The van der Waals surface area contributed by atoms with Gasteiger partial charge in [-0.2, -0.15) is 26.3 Å². The average molecular weight is 545 g/mol. The lowest BCUT2D eigenvalue weighted by molar-refractivity contribution is -0.147. The van der Waals surface area contributed by atoms with Crippen LogP contribution in [-0.2, 0) is 26.6 Å². The number of fused-ring (bicyclic) bond motifs is 3. The minimum absolute atomic E-state index is 0.0195. The molecule has 1 aliphatic heterocycles. The van der Waals surface area contributed by atoms with Crippen LogP contribution in [0.1, 0.15) is 53.9 Å². The lowest BCUT2D eigenvalue weighted by Crippen LogP contribution is -2.18. The molecule has 14 heteroatoms. The van der Waals surface area contributed by atoms with Crippen LogP contribution in [-0.4, -0.2) is 41.6 Å². The van der Waals surface area contributed by atoms with Gasteiger partial charge in [-0.05, 0) is 31.2 Å². The number of halogens is 6. The number of alkyl halides is 6. The SMILES string of the molecule is CCOC(=O)C[C@H]1O[C@H](c2cccc(OC)c2OC)c2cc(C(F)(F)F)ccc2-n2c1nnc2C(F)(F)F. The molecule has 0 radical (unpaired) electrons. The number of esters is 1. The minimum Gasteiger partial charge on any atom is -0.493 e. The molecule has 0 saturated carbocycles. The topological polar surface area (TPSA) is 84.7 Å². The summed E-state index contributed by atoms with van der Waals surface area (Å²) in [4.78, 5) is 12.4. The molecule has 38 heavy (non-hydrogen) atoms. The quantitative estimate of drug-likeness (QED) is 0.302. The molecule has 8 nitrogen and oxygen atoms in total. The molecule has 0 bridgehead atoms. The van der Waals surface area contributed by atoms with Crippen molar-refractivity contribution < 1.29 is 50.1 Å². The van der Waals surface area contributed by atoms with Crippen LogP contribution >= 0.6 is 0 Å². The summed E-state index contributed by atoms with van der Waals surface area (Å²) in [7, 11) is 2.63. The van der Waals surface area contributed by atoms with Crippen LogP contribution in [0.2, 0.25) is 0 Å². The van der Waals surface area contributed by atoms with E-state index in [1.807, 2.05) is 0 Å². The summed E-state index contributed by atoms with van der Waals surface area (Å²) in [6.45, 7) is 1.52. The number of rotatable bonds is 6. The number of methoxy groups -OCH3 is 2. The Hall–Kier alpha value is -3.81. The van der Waals surface area contributed by atoms with Gasteiger partial charge in [-0.15, -0.1) is 10.2 Å². The van der Waals surface area contributed by atoms with Gasteiger partial charge >= 0.3 is 18.3 Å². The van der Waals surface area contributed by atoms with Crippen LogP contribution in [0.5, 0.6) is 11.5 Å². The van der Waals surface area contributed by atoms with Gasteiger partial charge in [-0.1, -0.05) is 12.1 Å². The Morgan fingerprint density at radius 2 is 1.74 bits per heavy atom. The fraction of sp³-hybridized carbons (Fsp3) is 0.375. The summed E-state index contributed by atoms with van der Waals surface area (Å²) in [6.07, 6.45) is -13.4. The van der Waals surface area contributed by atoms with E-state index >= 15 is 0 Å². The van der Waals surface area contributed by atoms with Gasteiger partial charge in [0.15, 0.2) is 17.3 Å². The number of carbonyl (C=O) groups is 1. The molecule has 1 aromatic heterocycles. The van der Waals surface area contributed by atoms with Crippen molar-refractivity contribution in [3.63, 3.8) is 0 Å². The van der Waals surface area contributed by atoms with E-state index < -0.39 is 54.2 Å². The van der Waals surface area contributed by atoms with Crippen LogP contribution in [0.15, 0.2) is 36.4 Å². The summed E-state index contributed by atoms with van der Waals surface area (Å²) in [5.41, 5.74) is -1.58. The standard InChI is InChI=1S/C24H21F6N3O5/c1-4-37-18(34)11-17-21-31-32-22(24(28,29)30)33(21)15-9-8-12(23(25,26)27)10-14(15)19(38-17)13-6-5-7-16(35-2)20(13)36-3/h5-10,17,19H,4,11H2,1-3H3/t17-,19-/m1/s1. The third-order valence-electron chi connectivity index (χ3n) is 5.78. The van der Waals surface area contributed by atoms with Gasteiger partial charge in [0.05, 0.1) is 38.5 Å². The third-order valence-corrected chi connectivity index (χ3v) is 5.78. The predicted molar refractivity (Wildman–Crippen MR) is 118 cm³/mol. The number of nitrogens with zero attached hydrogens (tertiary/aromatic N) is 3. The highest BCUT2D eigenvalue weighted by atomic mass is 19.4. The molecular weight excluding hydrogens is 524 g/mol. The number of aromatic nitrogens is 3. The van der Waals surface area contributed by atoms with Gasteiger partial charge in [0.2, 0.25) is 5.82 Å². The normalized spacial score (nSPS) is 17.3. The Morgan fingerprint density at radius 1 is 1.00 bits per heavy atom. The molecule has 2 aromatic carbocycles. The molecular formula is C24H21F6N3O5. The van der Waals surface area contributed by atoms with Crippen molar-refractivity contribution in [3.05, 3.63) is 64.7 Å². The van der Waals surface area contributed by atoms with Crippen molar-refractivity contribution in [1.82, 2.24) is 14.8 Å². The Kier molecular flexibility index (Phi) is 7.28. The number of para-hydroxylation sites is 1. The molecule has 2 atom stereocenters. The van der Waals surface area contributed by atoms with E-state index in [-0.39, 0.29) is 34.9 Å². The second kappa shape index (κ2) is 10.2. The fourth-order valence-corrected chi connectivity index (χ4v) is 4.24. The van der Waals surface area contributed by atoms with Crippen LogP contribution in [0.25, 0.3) is 5.69 Å². The van der Waals surface area contributed by atoms with Crippen LogP contribution in [0, 0.1) is 0 Å². The predicted octanol–water partition coefficient (Wildman–Crippen LogP) is 5.44. The van der Waals surface area contributed by atoms with E-state index in [4.69, 9.17) is 18.9 Å². The zero-order valence-electron chi connectivity index (χ0n) is 20.2. The molecule has 0 aliphatic carbocycles. The molecule has 0 fully saturated rings.